The highest BCUT2D eigenvalue weighted by molar-refractivity contribution is 9.10. The van der Waals surface area contributed by atoms with Crippen LogP contribution in [-0.2, 0) is 19.3 Å². The second kappa shape index (κ2) is 9.32. The number of halogens is 5. The molecule has 27 heavy (non-hydrogen) atoms. The van der Waals surface area contributed by atoms with E-state index in [9.17, 15) is 23.1 Å². The maximum absolute atomic E-state index is 13.2. The lowest BCUT2D eigenvalue weighted by molar-refractivity contribution is -0.138. The number of carbonyl (C=O) groups is 1. The van der Waals surface area contributed by atoms with E-state index in [0.717, 1.165) is 22.3 Å². The molecule has 0 saturated carbocycles. The highest BCUT2D eigenvalue weighted by Gasteiger charge is 2.35. The van der Waals surface area contributed by atoms with Crippen molar-refractivity contribution < 1.29 is 23.1 Å². The highest BCUT2D eigenvalue weighted by atomic mass is 79.9. The molecule has 0 atom stereocenters. The first-order chi connectivity index (χ1) is 12.7. The topological polar surface area (TPSA) is 49.3 Å². The van der Waals surface area contributed by atoms with Crippen LogP contribution in [0.1, 0.15) is 34.0 Å². The standard InChI is InChI=1S/C18H16BrClF3NO2S/c1-2-27-16-4-3-12(20)5-11(16)8-24-17(26)10-6-14(18(21,22)23)13(9-25)15(19)7-10/h3-7,25H,2,8-9H2,1H3,(H,24,26). The molecule has 1 amide bonds. The molecule has 2 rings (SSSR count). The number of hydrogen-bond donors (Lipinski definition) is 2. The van der Waals surface area contributed by atoms with Gasteiger partial charge >= 0.3 is 6.18 Å². The van der Waals surface area contributed by atoms with E-state index in [1.807, 2.05) is 13.0 Å². The van der Waals surface area contributed by atoms with Gasteiger partial charge in [0.15, 0.2) is 0 Å². The number of benzene rings is 2. The van der Waals surface area contributed by atoms with Gasteiger partial charge in [-0.3, -0.25) is 4.79 Å². The Morgan fingerprint density at radius 3 is 2.59 bits per heavy atom. The number of nitrogens with one attached hydrogen (secondary N) is 1. The van der Waals surface area contributed by atoms with Crippen LogP contribution in [0.5, 0.6) is 0 Å². The number of hydrogen-bond acceptors (Lipinski definition) is 3. The predicted molar refractivity (Wildman–Crippen MR) is 104 cm³/mol. The third kappa shape index (κ3) is 5.63. The van der Waals surface area contributed by atoms with Crippen LogP contribution in [0.4, 0.5) is 13.2 Å². The fourth-order valence-corrected chi connectivity index (χ4v) is 4.01. The second-order valence-corrected chi connectivity index (χ2v) is 8.10. The van der Waals surface area contributed by atoms with Gasteiger partial charge in [0.25, 0.3) is 5.91 Å². The first-order valence-corrected chi connectivity index (χ1v) is 10.0. The summed E-state index contributed by atoms with van der Waals surface area (Å²) < 4.78 is 39.7. The van der Waals surface area contributed by atoms with Crippen molar-refractivity contribution >= 4 is 45.2 Å². The lowest BCUT2D eigenvalue weighted by Gasteiger charge is -2.15. The number of carbonyl (C=O) groups excluding carboxylic acids is 1. The van der Waals surface area contributed by atoms with Crippen LogP contribution in [-0.4, -0.2) is 16.8 Å². The summed E-state index contributed by atoms with van der Waals surface area (Å²) in [5.74, 6) is 0.172. The molecule has 0 saturated heterocycles. The lowest BCUT2D eigenvalue weighted by Crippen LogP contribution is -2.24. The Bertz CT molecular complexity index is 846. The van der Waals surface area contributed by atoms with Crippen molar-refractivity contribution in [2.45, 2.75) is 31.1 Å². The second-order valence-electron chi connectivity index (χ2n) is 5.51. The summed E-state index contributed by atoms with van der Waals surface area (Å²) in [6, 6.07) is 7.30. The Labute approximate surface area is 172 Å². The Balaban J connectivity index is 2.27. The van der Waals surface area contributed by atoms with Gasteiger partial charge in [-0.15, -0.1) is 11.8 Å². The van der Waals surface area contributed by atoms with Crippen molar-refractivity contribution in [1.82, 2.24) is 5.32 Å². The number of amides is 1. The zero-order chi connectivity index (χ0) is 20.2. The van der Waals surface area contributed by atoms with E-state index in [1.165, 1.54) is 6.07 Å². The van der Waals surface area contributed by atoms with Crippen LogP contribution in [0, 0.1) is 0 Å². The van der Waals surface area contributed by atoms with Gasteiger partial charge in [0.05, 0.1) is 12.2 Å². The zero-order valence-corrected chi connectivity index (χ0v) is 17.3. The molecule has 2 N–H and O–H groups in total. The van der Waals surface area contributed by atoms with Gasteiger partial charge in [0, 0.05) is 32.1 Å². The molecule has 2 aromatic carbocycles. The Hall–Kier alpha value is -1.22. The van der Waals surface area contributed by atoms with Gasteiger partial charge < -0.3 is 10.4 Å². The van der Waals surface area contributed by atoms with Crippen molar-refractivity contribution in [1.29, 1.82) is 0 Å². The molecule has 3 nitrogen and oxygen atoms in total. The molecule has 0 aliphatic carbocycles. The van der Waals surface area contributed by atoms with Crippen molar-refractivity contribution in [3.05, 3.63) is 62.1 Å². The van der Waals surface area contributed by atoms with Crippen molar-refractivity contribution in [3.8, 4) is 0 Å². The molecule has 9 heteroatoms. The molecule has 0 heterocycles. The van der Waals surface area contributed by atoms with E-state index in [1.54, 1.807) is 23.9 Å². The van der Waals surface area contributed by atoms with Crippen LogP contribution in [0.15, 0.2) is 39.7 Å². The maximum Gasteiger partial charge on any atom is 0.416 e. The van der Waals surface area contributed by atoms with Gasteiger partial charge in [-0.1, -0.05) is 34.5 Å². The van der Waals surface area contributed by atoms with Gasteiger partial charge in [-0.2, -0.15) is 13.2 Å². The van der Waals surface area contributed by atoms with Crippen molar-refractivity contribution in [3.63, 3.8) is 0 Å². The van der Waals surface area contributed by atoms with Gasteiger partial charge in [0.2, 0.25) is 0 Å². The minimum Gasteiger partial charge on any atom is -0.392 e. The van der Waals surface area contributed by atoms with Gasteiger partial charge in [-0.05, 0) is 41.6 Å². The molecule has 146 valence electrons. The molecule has 0 aromatic heterocycles. The normalized spacial score (nSPS) is 11.5. The maximum atomic E-state index is 13.2. The summed E-state index contributed by atoms with van der Waals surface area (Å²) in [6.45, 7) is 1.32. The molecule has 0 aliphatic rings. The van der Waals surface area contributed by atoms with Crippen LogP contribution in [0.25, 0.3) is 0 Å². The molecule has 2 aromatic rings. The summed E-state index contributed by atoms with van der Waals surface area (Å²) in [7, 11) is 0. The number of thioether (sulfide) groups is 1. The van der Waals surface area contributed by atoms with Gasteiger partial charge in [-0.25, -0.2) is 0 Å². The highest BCUT2D eigenvalue weighted by Crippen LogP contribution is 2.36. The quantitative estimate of drug-likeness (QED) is 0.523. The van der Waals surface area contributed by atoms with E-state index < -0.39 is 24.3 Å². The summed E-state index contributed by atoms with van der Waals surface area (Å²) in [5.41, 5.74) is -0.729. The minimum atomic E-state index is -4.69. The number of aliphatic hydroxyl groups is 1. The van der Waals surface area contributed by atoms with Crippen molar-refractivity contribution in [2.24, 2.45) is 0 Å². The Morgan fingerprint density at radius 2 is 2.00 bits per heavy atom. The smallest absolute Gasteiger partial charge is 0.392 e. The zero-order valence-electron chi connectivity index (χ0n) is 14.2. The third-order valence-corrected chi connectivity index (χ3v) is 5.62. The minimum absolute atomic E-state index is 0.0231. The summed E-state index contributed by atoms with van der Waals surface area (Å²) in [4.78, 5) is 13.3. The molecular formula is C18H16BrClF3NO2S. The summed E-state index contributed by atoms with van der Waals surface area (Å²) >= 11 is 10.6. The summed E-state index contributed by atoms with van der Waals surface area (Å²) in [6.07, 6.45) is -4.69. The molecule has 0 spiro atoms. The molecule has 0 aliphatic heterocycles. The number of alkyl halides is 3. The third-order valence-electron chi connectivity index (χ3n) is 3.68. The SMILES string of the molecule is CCSc1ccc(Cl)cc1CNC(=O)c1cc(Br)c(CO)c(C(F)(F)F)c1. The first-order valence-electron chi connectivity index (χ1n) is 7.87. The number of rotatable bonds is 6. The molecule has 0 unspecified atom stereocenters. The van der Waals surface area contributed by atoms with Crippen LogP contribution in [0.2, 0.25) is 5.02 Å². The number of aliphatic hydroxyl groups excluding tert-OH is 1. The average Bonchev–Trinajstić information content (AvgIpc) is 2.60. The summed E-state index contributed by atoms with van der Waals surface area (Å²) in [5, 5.41) is 12.3. The van der Waals surface area contributed by atoms with E-state index in [2.05, 4.69) is 21.2 Å². The van der Waals surface area contributed by atoms with Crippen LogP contribution >= 0.6 is 39.3 Å². The average molecular weight is 483 g/mol. The van der Waals surface area contributed by atoms with Crippen LogP contribution < -0.4 is 5.32 Å². The van der Waals surface area contributed by atoms with E-state index >= 15 is 0 Å². The fourth-order valence-electron chi connectivity index (χ4n) is 2.44. The Morgan fingerprint density at radius 1 is 1.30 bits per heavy atom. The van der Waals surface area contributed by atoms with Gasteiger partial charge in [0.1, 0.15) is 0 Å². The van der Waals surface area contributed by atoms with E-state index in [0.29, 0.717) is 5.02 Å². The van der Waals surface area contributed by atoms with E-state index in [-0.39, 0.29) is 22.1 Å². The molecule has 0 fully saturated rings. The predicted octanol–water partition coefficient (Wildman–Crippen LogP) is 5.66. The molecular weight excluding hydrogens is 467 g/mol. The molecule has 0 radical (unpaired) electrons. The lowest BCUT2D eigenvalue weighted by atomic mass is 10.0. The Kier molecular flexibility index (Phi) is 7.62. The van der Waals surface area contributed by atoms with E-state index in [4.69, 9.17) is 11.6 Å². The largest absolute Gasteiger partial charge is 0.416 e. The first kappa shape index (κ1) is 22.1. The van der Waals surface area contributed by atoms with Crippen molar-refractivity contribution in [2.75, 3.05) is 5.75 Å². The molecule has 0 bridgehead atoms. The monoisotopic (exact) mass is 481 g/mol. The fraction of sp³-hybridized carbons (Fsp3) is 0.278. The van der Waals surface area contributed by atoms with Crippen LogP contribution in [0.3, 0.4) is 0 Å².